The molecule has 0 amide bonds. The molecule has 0 fully saturated rings. The van der Waals surface area contributed by atoms with Gasteiger partial charge >= 0.3 is 0 Å². The summed E-state index contributed by atoms with van der Waals surface area (Å²) in [5.41, 5.74) is 1.39. The molecule has 0 saturated heterocycles. The van der Waals surface area contributed by atoms with E-state index < -0.39 is 5.82 Å². The second-order valence-electron chi connectivity index (χ2n) is 4.44. The van der Waals surface area contributed by atoms with Crippen molar-refractivity contribution in [2.45, 2.75) is 13.0 Å². The molecule has 0 radical (unpaired) electrons. The van der Waals surface area contributed by atoms with Crippen LogP contribution in [0, 0.1) is 5.82 Å². The minimum atomic E-state index is -0.482. The van der Waals surface area contributed by atoms with Gasteiger partial charge in [-0.3, -0.25) is 4.79 Å². The van der Waals surface area contributed by atoms with Gasteiger partial charge in [0.2, 0.25) is 0 Å². The predicted molar refractivity (Wildman–Crippen MR) is 72.9 cm³/mol. The highest BCUT2D eigenvalue weighted by Crippen LogP contribution is 2.17. The molecule has 0 aliphatic heterocycles. The first-order valence-electron chi connectivity index (χ1n) is 6.08. The van der Waals surface area contributed by atoms with Crippen molar-refractivity contribution in [3.8, 4) is 0 Å². The Hall–Kier alpha value is -2.70. The number of hydrogen-bond acceptors (Lipinski definition) is 4. The fourth-order valence-corrected chi connectivity index (χ4v) is 2.00. The van der Waals surface area contributed by atoms with Gasteiger partial charge in [0.05, 0.1) is 17.9 Å². The number of halogens is 1. The highest BCUT2D eigenvalue weighted by Gasteiger charge is 2.12. The van der Waals surface area contributed by atoms with Gasteiger partial charge in [0.1, 0.15) is 11.6 Å². The molecule has 3 N–H and O–H groups in total. The van der Waals surface area contributed by atoms with Gasteiger partial charge in [-0.25, -0.2) is 14.4 Å². The number of fused-ring (bicyclic) bond motifs is 1. The van der Waals surface area contributed by atoms with Crippen LogP contribution in [-0.2, 0) is 0 Å². The van der Waals surface area contributed by atoms with Crippen LogP contribution < -0.4 is 10.9 Å². The lowest BCUT2D eigenvalue weighted by Crippen LogP contribution is -2.19. The predicted octanol–water partition coefficient (Wildman–Crippen LogP) is 1.96. The summed E-state index contributed by atoms with van der Waals surface area (Å²) in [4.78, 5) is 25.3. The smallest absolute Gasteiger partial charge is 0.253 e. The normalized spacial score (nSPS) is 12.5. The van der Waals surface area contributed by atoms with Crippen LogP contribution in [-0.4, -0.2) is 19.9 Å². The van der Waals surface area contributed by atoms with Crippen LogP contribution in [0.1, 0.15) is 18.5 Å². The Morgan fingerprint density at radius 3 is 3.05 bits per heavy atom. The molecule has 3 rings (SSSR count). The first kappa shape index (κ1) is 12.3. The van der Waals surface area contributed by atoms with Crippen LogP contribution in [0.2, 0.25) is 0 Å². The minimum Gasteiger partial charge on any atom is -0.363 e. The Bertz CT molecular complexity index is 810. The van der Waals surface area contributed by atoms with E-state index in [9.17, 15) is 9.18 Å². The van der Waals surface area contributed by atoms with E-state index in [1.54, 1.807) is 19.3 Å². The molecule has 3 aromatic heterocycles. The maximum Gasteiger partial charge on any atom is 0.253 e. The fraction of sp³-hybridized carbons (Fsp3) is 0.154. The highest BCUT2D eigenvalue weighted by molar-refractivity contribution is 5.72. The Kier molecular flexibility index (Phi) is 2.94. The zero-order chi connectivity index (χ0) is 14.1. The van der Waals surface area contributed by atoms with Crippen LogP contribution in [0.3, 0.4) is 0 Å². The fourth-order valence-electron chi connectivity index (χ4n) is 2.00. The molecule has 1 atom stereocenters. The van der Waals surface area contributed by atoms with Crippen molar-refractivity contribution in [1.82, 2.24) is 19.9 Å². The Morgan fingerprint density at radius 2 is 2.20 bits per heavy atom. The second kappa shape index (κ2) is 4.76. The lowest BCUT2D eigenvalue weighted by atomic mass is 10.1. The van der Waals surface area contributed by atoms with Gasteiger partial charge in [0.15, 0.2) is 5.65 Å². The zero-order valence-corrected chi connectivity index (χ0v) is 10.6. The Labute approximate surface area is 113 Å². The summed E-state index contributed by atoms with van der Waals surface area (Å²) in [6.07, 6.45) is 2.59. The average Bonchev–Trinajstić information content (AvgIpc) is 2.89. The van der Waals surface area contributed by atoms with E-state index in [1.807, 2.05) is 6.07 Å². The number of pyridine rings is 2. The lowest BCUT2D eigenvalue weighted by Gasteiger charge is -2.13. The average molecular weight is 273 g/mol. The van der Waals surface area contributed by atoms with Crippen molar-refractivity contribution in [2.24, 2.45) is 0 Å². The van der Waals surface area contributed by atoms with E-state index in [1.165, 1.54) is 6.07 Å². The molecule has 0 bridgehead atoms. The highest BCUT2D eigenvalue weighted by atomic mass is 19.1. The standard InChI is InChI=1S/C13H12FN5O/c1-7(9-4-8(14)5-15-13(9)20)18-11-3-2-10-12(19-11)17-6-16-10/h2-7H,1H3,(H,15,20)(H2,16,17,18,19). The molecule has 0 saturated carbocycles. The van der Waals surface area contributed by atoms with Crippen molar-refractivity contribution < 1.29 is 4.39 Å². The maximum absolute atomic E-state index is 13.2. The van der Waals surface area contributed by atoms with E-state index in [0.29, 0.717) is 17.0 Å². The molecule has 102 valence electrons. The second-order valence-corrected chi connectivity index (χ2v) is 4.44. The topological polar surface area (TPSA) is 86.5 Å². The van der Waals surface area contributed by atoms with Crippen molar-refractivity contribution in [2.75, 3.05) is 5.32 Å². The largest absolute Gasteiger partial charge is 0.363 e. The number of aromatic amines is 2. The van der Waals surface area contributed by atoms with Crippen LogP contribution in [0.25, 0.3) is 11.2 Å². The summed E-state index contributed by atoms with van der Waals surface area (Å²) >= 11 is 0. The molecule has 0 aliphatic carbocycles. The molecule has 3 aromatic rings. The van der Waals surface area contributed by atoms with E-state index in [2.05, 4.69) is 25.3 Å². The summed E-state index contributed by atoms with van der Waals surface area (Å²) < 4.78 is 13.2. The molecule has 7 heteroatoms. The molecule has 0 aliphatic rings. The summed E-state index contributed by atoms with van der Waals surface area (Å²) in [6.45, 7) is 1.76. The number of H-pyrrole nitrogens is 2. The third-order valence-electron chi connectivity index (χ3n) is 3.01. The lowest BCUT2D eigenvalue weighted by molar-refractivity contribution is 0.614. The summed E-state index contributed by atoms with van der Waals surface area (Å²) in [7, 11) is 0. The molecule has 20 heavy (non-hydrogen) atoms. The van der Waals surface area contributed by atoms with Crippen molar-refractivity contribution >= 4 is 17.0 Å². The van der Waals surface area contributed by atoms with Gasteiger partial charge in [0, 0.05) is 11.8 Å². The molecule has 0 aromatic carbocycles. The molecule has 3 heterocycles. The number of rotatable bonds is 3. The van der Waals surface area contributed by atoms with E-state index >= 15 is 0 Å². The van der Waals surface area contributed by atoms with Gasteiger partial charge in [-0.15, -0.1) is 0 Å². The molecule has 1 unspecified atom stereocenters. The first-order chi connectivity index (χ1) is 9.63. The van der Waals surface area contributed by atoms with Crippen LogP contribution in [0.5, 0.6) is 0 Å². The van der Waals surface area contributed by atoms with E-state index in [-0.39, 0.29) is 11.6 Å². The summed E-state index contributed by atoms with van der Waals surface area (Å²) in [5.74, 6) is 0.0877. The SMILES string of the molecule is CC(Nc1ccc2[nH]cnc2n1)c1cc(F)c[nH]c1=O. The summed E-state index contributed by atoms with van der Waals surface area (Å²) in [6, 6.07) is 4.44. The monoisotopic (exact) mass is 273 g/mol. The third-order valence-corrected chi connectivity index (χ3v) is 3.01. The molecule has 6 nitrogen and oxygen atoms in total. The Balaban J connectivity index is 1.89. The van der Waals surface area contributed by atoms with Crippen LogP contribution in [0.4, 0.5) is 10.2 Å². The maximum atomic E-state index is 13.2. The number of hydrogen-bond donors (Lipinski definition) is 3. The number of anilines is 1. The molecule has 0 spiro atoms. The van der Waals surface area contributed by atoms with Crippen LogP contribution in [0.15, 0.2) is 35.5 Å². The quantitative estimate of drug-likeness (QED) is 0.680. The molecular weight excluding hydrogens is 261 g/mol. The molecular formula is C13H12FN5O. The minimum absolute atomic E-state index is 0.314. The Morgan fingerprint density at radius 1 is 1.35 bits per heavy atom. The number of imidazole rings is 1. The number of nitrogens with zero attached hydrogens (tertiary/aromatic N) is 2. The van der Waals surface area contributed by atoms with Gasteiger partial charge in [-0.05, 0) is 25.1 Å². The summed E-state index contributed by atoms with van der Waals surface area (Å²) in [5, 5.41) is 3.06. The van der Waals surface area contributed by atoms with Crippen LogP contribution >= 0.6 is 0 Å². The number of nitrogens with one attached hydrogen (secondary N) is 3. The van der Waals surface area contributed by atoms with Crippen molar-refractivity contribution in [3.05, 3.63) is 52.5 Å². The third kappa shape index (κ3) is 2.25. The van der Waals surface area contributed by atoms with Gasteiger partial charge < -0.3 is 15.3 Å². The van der Waals surface area contributed by atoms with E-state index in [0.717, 1.165) is 11.7 Å². The van der Waals surface area contributed by atoms with Gasteiger partial charge in [-0.1, -0.05) is 0 Å². The zero-order valence-electron chi connectivity index (χ0n) is 10.6. The first-order valence-corrected chi connectivity index (χ1v) is 6.08. The van der Waals surface area contributed by atoms with Crippen molar-refractivity contribution in [1.29, 1.82) is 0 Å². The van der Waals surface area contributed by atoms with Gasteiger partial charge in [-0.2, -0.15) is 0 Å². The van der Waals surface area contributed by atoms with Gasteiger partial charge in [0.25, 0.3) is 5.56 Å². The number of aromatic nitrogens is 4. The van der Waals surface area contributed by atoms with Crippen molar-refractivity contribution in [3.63, 3.8) is 0 Å². The van der Waals surface area contributed by atoms with E-state index in [4.69, 9.17) is 0 Å².